The van der Waals surface area contributed by atoms with Crippen molar-refractivity contribution in [2.24, 2.45) is 0 Å². The molecule has 0 saturated carbocycles. The van der Waals surface area contributed by atoms with Gasteiger partial charge in [0.1, 0.15) is 10.6 Å². The maximum atomic E-state index is 12.1. The predicted octanol–water partition coefficient (Wildman–Crippen LogP) is 3.63. The van der Waals surface area contributed by atoms with E-state index >= 15 is 0 Å². The summed E-state index contributed by atoms with van der Waals surface area (Å²) in [6.45, 7) is 0. The van der Waals surface area contributed by atoms with Crippen molar-refractivity contribution in [1.82, 2.24) is 0 Å². The predicted molar refractivity (Wildman–Crippen MR) is 75.4 cm³/mol. The zero-order valence-corrected chi connectivity index (χ0v) is 12.2. The molecule has 0 aliphatic heterocycles. The Bertz CT molecular complexity index is 760. The van der Waals surface area contributed by atoms with Crippen molar-refractivity contribution in [3.63, 3.8) is 0 Å². The summed E-state index contributed by atoms with van der Waals surface area (Å²) in [5.41, 5.74) is 0.394. The highest BCUT2D eigenvalue weighted by molar-refractivity contribution is 7.87. The van der Waals surface area contributed by atoms with Gasteiger partial charge in [-0.3, -0.25) is 0 Å². The molecular weight excluding hydrogens is 321 g/mol. The van der Waals surface area contributed by atoms with E-state index in [-0.39, 0.29) is 20.7 Å². The van der Waals surface area contributed by atoms with Gasteiger partial charge < -0.3 is 4.18 Å². The molecule has 0 aliphatic rings. The zero-order valence-electron chi connectivity index (χ0n) is 9.88. The minimum Gasteiger partial charge on any atom is -0.379 e. The molecule has 102 valence electrons. The minimum atomic E-state index is -4.14. The molecular formula is C13H7Cl2NO3S. The molecule has 0 saturated heterocycles. The van der Waals surface area contributed by atoms with Gasteiger partial charge in [-0.05, 0) is 36.4 Å². The first-order chi connectivity index (χ1) is 9.44. The molecule has 7 heteroatoms. The third kappa shape index (κ3) is 3.05. The molecule has 2 rings (SSSR count). The van der Waals surface area contributed by atoms with Crippen molar-refractivity contribution in [3.8, 4) is 11.8 Å². The number of rotatable bonds is 3. The van der Waals surface area contributed by atoms with Crippen LogP contribution in [0.2, 0.25) is 10.0 Å². The van der Waals surface area contributed by atoms with Crippen LogP contribution in [0.1, 0.15) is 5.56 Å². The van der Waals surface area contributed by atoms with Crippen LogP contribution in [-0.2, 0) is 10.1 Å². The summed E-state index contributed by atoms with van der Waals surface area (Å²) in [4.78, 5) is -0.285. The van der Waals surface area contributed by atoms with Crippen LogP contribution in [0.4, 0.5) is 0 Å². The number of halogens is 2. The largest absolute Gasteiger partial charge is 0.379 e. The van der Waals surface area contributed by atoms with E-state index in [0.717, 1.165) is 0 Å². The topological polar surface area (TPSA) is 67.2 Å². The summed E-state index contributed by atoms with van der Waals surface area (Å²) < 4.78 is 29.2. The average molecular weight is 328 g/mol. The first kappa shape index (κ1) is 14.7. The lowest BCUT2D eigenvalue weighted by Crippen LogP contribution is -2.11. The van der Waals surface area contributed by atoms with E-state index in [1.807, 2.05) is 6.07 Å². The maximum Gasteiger partial charge on any atom is 0.342 e. The van der Waals surface area contributed by atoms with Gasteiger partial charge in [0, 0.05) is 0 Å². The Labute approximate surface area is 126 Å². The molecule has 0 N–H and O–H groups in total. The van der Waals surface area contributed by atoms with Gasteiger partial charge in [0.2, 0.25) is 0 Å². The second kappa shape index (κ2) is 5.71. The molecule has 0 amide bonds. The van der Waals surface area contributed by atoms with Crippen LogP contribution in [0.15, 0.2) is 47.4 Å². The Morgan fingerprint density at radius 1 is 1.00 bits per heavy atom. The summed E-state index contributed by atoms with van der Waals surface area (Å²) in [6, 6.07) is 11.9. The first-order valence-electron chi connectivity index (χ1n) is 5.33. The fourth-order valence-electron chi connectivity index (χ4n) is 1.47. The third-order valence-corrected chi connectivity index (χ3v) is 4.56. The van der Waals surface area contributed by atoms with E-state index in [0.29, 0.717) is 5.56 Å². The van der Waals surface area contributed by atoms with Crippen LogP contribution >= 0.6 is 23.2 Å². The fraction of sp³-hybridized carbons (Fsp3) is 0. The summed E-state index contributed by atoms with van der Waals surface area (Å²) in [7, 11) is -4.14. The van der Waals surface area contributed by atoms with Gasteiger partial charge in [-0.1, -0.05) is 29.3 Å². The van der Waals surface area contributed by atoms with E-state index in [1.165, 1.54) is 42.5 Å². The van der Waals surface area contributed by atoms with Crippen molar-refractivity contribution < 1.29 is 12.6 Å². The lowest BCUT2D eigenvalue weighted by atomic mass is 10.2. The molecule has 0 fully saturated rings. The van der Waals surface area contributed by atoms with Gasteiger partial charge in [-0.25, -0.2) is 0 Å². The Hall–Kier alpha value is -1.74. The zero-order chi connectivity index (χ0) is 14.8. The number of benzene rings is 2. The highest BCUT2D eigenvalue weighted by atomic mass is 35.5. The number of hydrogen-bond acceptors (Lipinski definition) is 4. The molecule has 0 aromatic heterocycles. The van der Waals surface area contributed by atoms with Crippen molar-refractivity contribution >= 4 is 33.3 Å². The summed E-state index contributed by atoms with van der Waals surface area (Å²) in [6.07, 6.45) is 0. The molecule has 20 heavy (non-hydrogen) atoms. The monoisotopic (exact) mass is 327 g/mol. The van der Waals surface area contributed by atoms with E-state index in [9.17, 15) is 8.42 Å². The van der Waals surface area contributed by atoms with Crippen LogP contribution in [0.25, 0.3) is 0 Å². The Balaban J connectivity index is 2.39. The first-order valence-corrected chi connectivity index (χ1v) is 7.49. The SMILES string of the molecule is N#Cc1ccc(OS(=O)(=O)c2c(Cl)cccc2Cl)cc1. The van der Waals surface area contributed by atoms with E-state index in [2.05, 4.69) is 0 Å². The van der Waals surface area contributed by atoms with E-state index in [1.54, 1.807) is 0 Å². The average Bonchev–Trinajstić information content (AvgIpc) is 2.38. The highest BCUT2D eigenvalue weighted by Crippen LogP contribution is 2.31. The maximum absolute atomic E-state index is 12.1. The molecule has 0 aliphatic carbocycles. The van der Waals surface area contributed by atoms with Crippen molar-refractivity contribution in [3.05, 3.63) is 58.1 Å². The lowest BCUT2D eigenvalue weighted by Gasteiger charge is -2.09. The molecule has 0 heterocycles. The van der Waals surface area contributed by atoms with Gasteiger partial charge in [0.15, 0.2) is 0 Å². The number of hydrogen-bond donors (Lipinski definition) is 0. The molecule has 0 bridgehead atoms. The van der Waals surface area contributed by atoms with Crippen LogP contribution in [0, 0.1) is 11.3 Å². The molecule has 4 nitrogen and oxygen atoms in total. The third-order valence-electron chi connectivity index (χ3n) is 2.36. The molecule has 2 aromatic carbocycles. The number of nitriles is 1. The lowest BCUT2D eigenvalue weighted by molar-refractivity contribution is 0.486. The Kier molecular flexibility index (Phi) is 4.19. The van der Waals surface area contributed by atoms with Gasteiger partial charge in [-0.15, -0.1) is 0 Å². The quantitative estimate of drug-likeness (QED) is 0.807. The molecule has 0 radical (unpaired) electrons. The second-order valence-corrected chi connectivity index (χ2v) is 6.02. The highest BCUT2D eigenvalue weighted by Gasteiger charge is 2.23. The van der Waals surface area contributed by atoms with E-state index in [4.69, 9.17) is 32.6 Å². The standard InChI is InChI=1S/C13H7Cl2NO3S/c14-11-2-1-3-12(15)13(11)20(17,18)19-10-6-4-9(8-16)5-7-10/h1-7H. The second-order valence-electron chi connectivity index (χ2n) is 3.72. The summed E-state index contributed by atoms with van der Waals surface area (Å²) >= 11 is 11.7. The fourth-order valence-corrected chi connectivity index (χ4v) is 3.50. The minimum absolute atomic E-state index is 0.0221. The van der Waals surface area contributed by atoms with Crippen molar-refractivity contribution in [2.45, 2.75) is 4.90 Å². The van der Waals surface area contributed by atoms with Gasteiger partial charge in [0.05, 0.1) is 21.7 Å². The van der Waals surface area contributed by atoms with E-state index < -0.39 is 10.1 Å². The van der Waals surface area contributed by atoms with Gasteiger partial charge >= 0.3 is 10.1 Å². The van der Waals surface area contributed by atoms with Crippen LogP contribution in [0.3, 0.4) is 0 Å². The van der Waals surface area contributed by atoms with Crippen LogP contribution < -0.4 is 4.18 Å². The summed E-state index contributed by atoms with van der Waals surface area (Å²) in [5, 5.41) is 8.62. The van der Waals surface area contributed by atoms with Crippen molar-refractivity contribution in [1.29, 1.82) is 5.26 Å². The molecule has 0 atom stereocenters. The van der Waals surface area contributed by atoms with Gasteiger partial charge in [-0.2, -0.15) is 13.7 Å². The van der Waals surface area contributed by atoms with Crippen LogP contribution in [0.5, 0.6) is 5.75 Å². The molecule has 0 spiro atoms. The number of nitrogens with zero attached hydrogens (tertiary/aromatic N) is 1. The molecule has 2 aromatic rings. The normalized spacial score (nSPS) is 10.8. The smallest absolute Gasteiger partial charge is 0.342 e. The van der Waals surface area contributed by atoms with Crippen molar-refractivity contribution in [2.75, 3.05) is 0 Å². The molecule has 0 unspecified atom stereocenters. The summed E-state index contributed by atoms with van der Waals surface area (Å²) in [5.74, 6) is 0.0694. The Morgan fingerprint density at radius 2 is 1.55 bits per heavy atom. The Morgan fingerprint density at radius 3 is 2.05 bits per heavy atom. The van der Waals surface area contributed by atoms with Crippen LogP contribution in [-0.4, -0.2) is 8.42 Å². The van der Waals surface area contributed by atoms with Gasteiger partial charge in [0.25, 0.3) is 0 Å².